The summed E-state index contributed by atoms with van der Waals surface area (Å²) >= 11 is 0. The van der Waals surface area contributed by atoms with Crippen molar-refractivity contribution in [3.05, 3.63) is 0 Å². The molecule has 116 valence electrons. The largest absolute Gasteiger partial charge is 0.481 e. The van der Waals surface area contributed by atoms with Gasteiger partial charge < -0.3 is 15.2 Å². The van der Waals surface area contributed by atoms with Crippen LogP contribution in [-0.4, -0.2) is 36.2 Å². The summed E-state index contributed by atoms with van der Waals surface area (Å²) in [4.78, 5) is 22.5. The van der Waals surface area contributed by atoms with E-state index in [0.29, 0.717) is 25.5 Å². The van der Waals surface area contributed by atoms with Crippen molar-refractivity contribution in [2.45, 2.75) is 64.4 Å². The number of carbonyl (C=O) groups excluding carboxylic acids is 1. The second-order valence-electron chi connectivity index (χ2n) is 5.52. The molecule has 1 saturated heterocycles. The van der Waals surface area contributed by atoms with Gasteiger partial charge in [-0.3, -0.25) is 9.59 Å². The average molecular weight is 285 g/mol. The van der Waals surface area contributed by atoms with E-state index >= 15 is 0 Å². The quantitative estimate of drug-likeness (QED) is 0.682. The zero-order valence-corrected chi connectivity index (χ0v) is 12.4. The first-order valence-corrected chi connectivity index (χ1v) is 7.74. The van der Waals surface area contributed by atoms with Crippen molar-refractivity contribution in [1.29, 1.82) is 0 Å². The molecule has 1 heterocycles. The SMILES string of the molecule is CCCC(CCNC(=O)C1CCCCO1)CCC(=O)O. The van der Waals surface area contributed by atoms with E-state index in [1.807, 2.05) is 0 Å². The van der Waals surface area contributed by atoms with Crippen LogP contribution in [0.4, 0.5) is 0 Å². The molecule has 0 radical (unpaired) electrons. The van der Waals surface area contributed by atoms with Crippen molar-refractivity contribution in [2.75, 3.05) is 13.2 Å². The Labute approximate surface area is 121 Å². The Bertz CT molecular complexity index is 300. The zero-order chi connectivity index (χ0) is 14.8. The molecule has 1 aliphatic rings. The topological polar surface area (TPSA) is 75.6 Å². The van der Waals surface area contributed by atoms with E-state index in [-0.39, 0.29) is 18.4 Å². The van der Waals surface area contributed by atoms with Gasteiger partial charge in [0.25, 0.3) is 0 Å². The van der Waals surface area contributed by atoms with Crippen LogP contribution < -0.4 is 5.32 Å². The Morgan fingerprint density at radius 1 is 1.30 bits per heavy atom. The smallest absolute Gasteiger partial charge is 0.303 e. The first-order valence-electron chi connectivity index (χ1n) is 7.74. The number of nitrogens with one attached hydrogen (secondary N) is 1. The van der Waals surface area contributed by atoms with Crippen molar-refractivity contribution in [1.82, 2.24) is 5.32 Å². The Kier molecular flexibility index (Phi) is 8.26. The van der Waals surface area contributed by atoms with Crippen LogP contribution in [0.5, 0.6) is 0 Å². The molecule has 0 saturated carbocycles. The second kappa shape index (κ2) is 9.75. The molecular weight excluding hydrogens is 258 g/mol. The molecule has 5 heteroatoms. The number of carboxylic acids is 1. The van der Waals surface area contributed by atoms with Crippen LogP contribution in [0.3, 0.4) is 0 Å². The third-order valence-electron chi connectivity index (χ3n) is 3.79. The van der Waals surface area contributed by atoms with Gasteiger partial charge >= 0.3 is 5.97 Å². The molecule has 1 fully saturated rings. The van der Waals surface area contributed by atoms with Crippen LogP contribution >= 0.6 is 0 Å². The monoisotopic (exact) mass is 285 g/mol. The highest BCUT2D eigenvalue weighted by Crippen LogP contribution is 2.17. The molecule has 2 N–H and O–H groups in total. The maximum absolute atomic E-state index is 11.9. The summed E-state index contributed by atoms with van der Waals surface area (Å²) in [5.74, 6) is -0.382. The Morgan fingerprint density at radius 3 is 2.70 bits per heavy atom. The van der Waals surface area contributed by atoms with E-state index in [9.17, 15) is 9.59 Å². The number of rotatable bonds is 9. The molecule has 1 aliphatic heterocycles. The van der Waals surface area contributed by atoms with Gasteiger partial charge in [0.1, 0.15) is 6.10 Å². The first-order chi connectivity index (χ1) is 9.63. The summed E-state index contributed by atoms with van der Waals surface area (Å²) < 4.78 is 5.43. The Hall–Kier alpha value is -1.10. The summed E-state index contributed by atoms with van der Waals surface area (Å²) in [7, 11) is 0. The summed E-state index contributed by atoms with van der Waals surface area (Å²) in [6.07, 6.45) is 6.43. The van der Waals surface area contributed by atoms with Crippen molar-refractivity contribution >= 4 is 11.9 Å². The number of amides is 1. The van der Waals surface area contributed by atoms with Gasteiger partial charge in [-0.25, -0.2) is 0 Å². The van der Waals surface area contributed by atoms with Crippen molar-refractivity contribution in [2.24, 2.45) is 5.92 Å². The number of ether oxygens (including phenoxy) is 1. The highest BCUT2D eigenvalue weighted by atomic mass is 16.5. The van der Waals surface area contributed by atoms with Crippen molar-refractivity contribution in [3.63, 3.8) is 0 Å². The summed E-state index contributed by atoms with van der Waals surface area (Å²) in [6, 6.07) is 0. The fourth-order valence-electron chi connectivity index (χ4n) is 2.63. The van der Waals surface area contributed by atoms with Crippen LogP contribution in [0.2, 0.25) is 0 Å². The fraction of sp³-hybridized carbons (Fsp3) is 0.867. The summed E-state index contributed by atoms with van der Waals surface area (Å²) in [5, 5.41) is 11.6. The average Bonchev–Trinajstić information content (AvgIpc) is 2.45. The van der Waals surface area contributed by atoms with Gasteiger partial charge in [0, 0.05) is 19.6 Å². The molecule has 5 nitrogen and oxygen atoms in total. The van der Waals surface area contributed by atoms with Gasteiger partial charge in [0.05, 0.1) is 0 Å². The van der Waals surface area contributed by atoms with Gasteiger partial charge in [0.15, 0.2) is 0 Å². The highest BCUT2D eigenvalue weighted by molar-refractivity contribution is 5.80. The molecule has 0 aromatic carbocycles. The molecule has 20 heavy (non-hydrogen) atoms. The number of aliphatic carboxylic acids is 1. The minimum Gasteiger partial charge on any atom is -0.481 e. The molecule has 0 aliphatic carbocycles. The van der Waals surface area contributed by atoms with Crippen molar-refractivity contribution in [3.8, 4) is 0 Å². The highest BCUT2D eigenvalue weighted by Gasteiger charge is 2.21. The van der Waals surface area contributed by atoms with Crippen LogP contribution in [0.1, 0.15) is 58.3 Å². The molecule has 1 amide bonds. The van der Waals surface area contributed by atoms with Gasteiger partial charge in [-0.2, -0.15) is 0 Å². The van der Waals surface area contributed by atoms with E-state index in [4.69, 9.17) is 9.84 Å². The lowest BCUT2D eigenvalue weighted by Crippen LogP contribution is -2.39. The number of carbonyl (C=O) groups is 2. The maximum atomic E-state index is 11.9. The van der Waals surface area contributed by atoms with Gasteiger partial charge in [-0.05, 0) is 38.0 Å². The number of hydrogen-bond donors (Lipinski definition) is 2. The number of carboxylic acid groups (broad SMARTS) is 1. The molecular formula is C15H27NO4. The van der Waals surface area contributed by atoms with Gasteiger partial charge in [-0.15, -0.1) is 0 Å². The lowest BCUT2D eigenvalue weighted by atomic mass is 9.94. The van der Waals surface area contributed by atoms with E-state index in [2.05, 4.69) is 12.2 Å². The van der Waals surface area contributed by atoms with E-state index in [1.54, 1.807) is 0 Å². The third kappa shape index (κ3) is 6.89. The standard InChI is InChI=1S/C15H27NO4/c1-2-5-12(7-8-14(17)18)9-10-16-15(19)13-6-3-4-11-20-13/h12-13H,2-11H2,1H3,(H,16,19)(H,17,18). The van der Waals surface area contributed by atoms with Crippen LogP contribution in [0, 0.1) is 5.92 Å². The van der Waals surface area contributed by atoms with E-state index < -0.39 is 5.97 Å². The minimum absolute atomic E-state index is 0.0156. The van der Waals surface area contributed by atoms with Gasteiger partial charge in [0.2, 0.25) is 5.91 Å². The van der Waals surface area contributed by atoms with Crippen LogP contribution in [-0.2, 0) is 14.3 Å². The third-order valence-corrected chi connectivity index (χ3v) is 3.79. The molecule has 0 aromatic heterocycles. The molecule has 0 spiro atoms. The number of hydrogen-bond acceptors (Lipinski definition) is 3. The zero-order valence-electron chi connectivity index (χ0n) is 12.4. The first kappa shape index (κ1) is 17.0. The molecule has 2 atom stereocenters. The molecule has 1 rings (SSSR count). The minimum atomic E-state index is -0.745. The Balaban J connectivity index is 2.21. The van der Waals surface area contributed by atoms with Crippen LogP contribution in [0.25, 0.3) is 0 Å². The van der Waals surface area contributed by atoms with E-state index in [1.165, 1.54) is 0 Å². The fourth-order valence-corrected chi connectivity index (χ4v) is 2.63. The summed E-state index contributed by atoms with van der Waals surface area (Å²) in [5.41, 5.74) is 0. The predicted octanol–water partition coefficient (Wildman–Crippen LogP) is 2.34. The molecule has 0 aromatic rings. The lowest BCUT2D eigenvalue weighted by Gasteiger charge is -2.22. The predicted molar refractivity (Wildman–Crippen MR) is 76.5 cm³/mol. The normalized spacial score (nSPS) is 20.4. The second-order valence-corrected chi connectivity index (χ2v) is 5.52. The molecule has 0 bridgehead atoms. The van der Waals surface area contributed by atoms with Crippen molar-refractivity contribution < 1.29 is 19.4 Å². The molecule has 2 unspecified atom stereocenters. The summed E-state index contributed by atoms with van der Waals surface area (Å²) in [6.45, 7) is 3.39. The maximum Gasteiger partial charge on any atom is 0.303 e. The van der Waals surface area contributed by atoms with Crippen LogP contribution in [0.15, 0.2) is 0 Å². The van der Waals surface area contributed by atoms with E-state index in [0.717, 1.165) is 38.5 Å². The lowest BCUT2D eigenvalue weighted by molar-refractivity contribution is -0.137. The van der Waals surface area contributed by atoms with Gasteiger partial charge in [-0.1, -0.05) is 19.8 Å². The Morgan fingerprint density at radius 2 is 2.10 bits per heavy atom.